The first kappa shape index (κ1) is 34.1. The van der Waals surface area contributed by atoms with Crippen LogP contribution in [0.4, 0.5) is 0 Å². The van der Waals surface area contributed by atoms with Gasteiger partial charge in [0.1, 0.15) is 5.75 Å². The summed E-state index contributed by atoms with van der Waals surface area (Å²) in [6.45, 7) is 9.19. The van der Waals surface area contributed by atoms with Gasteiger partial charge >= 0.3 is 0 Å². The van der Waals surface area contributed by atoms with Gasteiger partial charge in [-0.2, -0.15) is 0 Å². The fraction of sp³-hybridized carbons (Fsp3) is 0.564. The summed E-state index contributed by atoms with van der Waals surface area (Å²) in [5.74, 6) is 1.75. The minimum Gasteiger partial charge on any atom is -0.494 e. The van der Waals surface area contributed by atoms with Crippen LogP contribution in [0.15, 0.2) is 54.7 Å². The highest BCUT2D eigenvalue weighted by molar-refractivity contribution is 6.21. The number of aliphatic hydroxyl groups excluding tert-OH is 1. The second-order valence-electron chi connectivity index (χ2n) is 13.3. The number of carbonyl (C=O) groups is 2. The monoisotopic (exact) mass is 627 g/mol. The van der Waals surface area contributed by atoms with Crippen LogP contribution in [0.25, 0.3) is 10.9 Å². The Kier molecular flexibility index (Phi) is 12.6. The van der Waals surface area contributed by atoms with Crippen molar-refractivity contribution in [1.29, 1.82) is 0 Å². The largest absolute Gasteiger partial charge is 0.494 e. The number of amides is 2. The molecule has 248 valence electrons. The average molecular weight is 628 g/mol. The van der Waals surface area contributed by atoms with Gasteiger partial charge in [0.2, 0.25) is 0 Å². The van der Waals surface area contributed by atoms with Crippen molar-refractivity contribution in [3.05, 3.63) is 71.4 Å². The summed E-state index contributed by atoms with van der Waals surface area (Å²) in [4.78, 5) is 33.7. The van der Waals surface area contributed by atoms with Crippen LogP contribution in [0.1, 0.15) is 123 Å². The van der Waals surface area contributed by atoms with E-state index in [0.29, 0.717) is 36.1 Å². The molecule has 1 N–H and O–H groups in total. The van der Waals surface area contributed by atoms with Gasteiger partial charge in [0, 0.05) is 24.7 Å². The number of pyridine rings is 1. The van der Waals surface area contributed by atoms with E-state index in [1.165, 1.54) is 69.5 Å². The van der Waals surface area contributed by atoms with Gasteiger partial charge in [0.25, 0.3) is 11.8 Å². The summed E-state index contributed by atoms with van der Waals surface area (Å²) in [5, 5.41) is 12.3. The first-order valence-electron chi connectivity index (χ1n) is 17.9. The normalized spacial score (nSPS) is 19.2. The maximum absolute atomic E-state index is 12.6. The molecule has 1 fully saturated rings. The lowest BCUT2D eigenvalue weighted by atomic mass is 9.80. The third-order valence-corrected chi connectivity index (χ3v) is 10.2. The average Bonchev–Trinajstić information content (AvgIpc) is 3.33. The molecule has 2 aliphatic heterocycles. The minimum absolute atomic E-state index is 0.196. The molecule has 1 aromatic heterocycles. The van der Waals surface area contributed by atoms with Crippen molar-refractivity contribution in [1.82, 2.24) is 14.8 Å². The molecule has 46 heavy (non-hydrogen) atoms. The van der Waals surface area contributed by atoms with E-state index in [2.05, 4.69) is 23.7 Å². The Hall–Kier alpha value is -3.29. The molecule has 3 atom stereocenters. The number of ether oxygens (including phenoxy) is 1. The Morgan fingerprint density at radius 3 is 2.39 bits per heavy atom. The number of unbranched alkanes of at least 4 members (excludes halogenated alkanes) is 6. The van der Waals surface area contributed by atoms with Crippen LogP contribution in [0.2, 0.25) is 0 Å². The Morgan fingerprint density at radius 1 is 0.891 bits per heavy atom. The van der Waals surface area contributed by atoms with Crippen LogP contribution in [-0.4, -0.2) is 64.5 Å². The van der Waals surface area contributed by atoms with Crippen molar-refractivity contribution in [2.45, 2.75) is 97.0 Å². The maximum Gasteiger partial charge on any atom is 0.261 e. The number of carbonyl (C=O) groups excluding carboxylic acids is 2. The zero-order valence-electron chi connectivity index (χ0n) is 28.0. The summed E-state index contributed by atoms with van der Waals surface area (Å²) < 4.78 is 6.09. The van der Waals surface area contributed by atoms with Gasteiger partial charge in [-0.05, 0) is 112 Å². The Morgan fingerprint density at radius 2 is 1.63 bits per heavy atom. The fourth-order valence-electron chi connectivity index (χ4n) is 7.38. The van der Waals surface area contributed by atoms with Gasteiger partial charge in [-0.15, -0.1) is 0 Å². The third-order valence-electron chi connectivity index (χ3n) is 10.2. The molecular formula is C39H53N3O4. The zero-order valence-corrected chi connectivity index (χ0v) is 28.0. The van der Waals surface area contributed by atoms with E-state index in [0.717, 1.165) is 54.3 Å². The molecule has 0 aliphatic carbocycles. The van der Waals surface area contributed by atoms with Crippen molar-refractivity contribution >= 4 is 22.7 Å². The Balaban J connectivity index is 1.07. The molecule has 2 aliphatic rings. The van der Waals surface area contributed by atoms with Crippen LogP contribution in [0.3, 0.4) is 0 Å². The first-order chi connectivity index (χ1) is 22.5. The summed E-state index contributed by atoms with van der Waals surface area (Å²) in [6.07, 6.45) is 14.6. The van der Waals surface area contributed by atoms with Gasteiger partial charge in [-0.25, -0.2) is 0 Å². The van der Waals surface area contributed by atoms with Crippen LogP contribution in [0, 0.1) is 11.8 Å². The van der Waals surface area contributed by atoms with Gasteiger partial charge in [-0.3, -0.25) is 19.5 Å². The quantitative estimate of drug-likeness (QED) is 0.113. The molecule has 0 spiro atoms. The Labute approximate surface area is 275 Å². The molecule has 7 heteroatoms. The van der Waals surface area contributed by atoms with Crippen molar-refractivity contribution in [3.63, 3.8) is 0 Å². The van der Waals surface area contributed by atoms with Crippen LogP contribution in [-0.2, 0) is 0 Å². The number of imide groups is 1. The van der Waals surface area contributed by atoms with E-state index < -0.39 is 6.10 Å². The number of likely N-dealkylation sites (tertiary alicyclic amines) is 1. The van der Waals surface area contributed by atoms with E-state index in [1.807, 2.05) is 24.3 Å². The predicted molar refractivity (Wildman–Crippen MR) is 184 cm³/mol. The molecule has 5 rings (SSSR count). The molecule has 2 aromatic carbocycles. The van der Waals surface area contributed by atoms with Gasteiger partial charge in [-0.1, -0.05) is 58.1 Å². The van der Waals surface area contributed by atoms with E-state index in [-0.39, 0.29) is 11.8 Å². The number of aliphatic hydroxyl groups is 1. The first-order valence-corrected chi connectivity index (χ1v) is 17.9. The molecule has 0 radical (unpaired) electrons. The van der Waals surface area contributed by atoms with Gasteiger partial charge in [0.15, 0.2) is 0 Å². The third kappa shape index (κ3) is 8.54. The van der Waals surface area contributed by atoms with Crippen LogP contribution < -0.4 is 4.74 Å². The topological polar surface area (TPSA) is 83.0 Å². The molecule has 3 heterocycles. The number of benzene rings is 2. The number of piperidine rings is 1. The minimum atomic E-state index is -0.531. The number of rotatable bonds is 18. The maximum atomic E-state index is 12.6. The van der Waals surface area contributed by atoms with Gasteiger partial charge in [0.05, 0.1) is 29.4 Å². The molecule has 7 nitrogen and oxygen atoms in total. The summed E-state index contributed by atoms with van der Waals surface area (Å²) >= 11 is 0. The van der Waals surface area contributed by atoms with Crippen molar-refractivity contribution < 1.29 is 19.4 Å². The molecule has 1 saturated heterocycles. The van der Waals surface area contributed by atoms with E-state index in [4.69, 9.17) is 4.74 Å². The molecule has 0 bridgehead atoms. The summed E-state index contributed by atoms with van der Waals surface area (Å²) in [6, 6.07) is 14.9. The molecule has 0 unspecified atom stereocenters. The summed E-state index contributed by atoms with van der Waals surface area (Å²) in [5.41, 5.74) is 2.79. The predicted octanol–water partition coefficient (Wildman–Crippen LogP) is 8.21. The van der Waals surface area contributed by atoms with Gasteiger partial charge < -0.3 is 14.7 Å². The van der Waals surface area contributed by atoms with Crippen LogP contribution in [0.5, 0.6) is 5.75 Å². The van der Waals surface area contributed by atoms with E-state index >= 15 is 0 Å². The molecular weight excluding hydrogens is 574 g/mol. The lowest BCUT2D eigenvalue weighted by molar-refractivity contribution is 0.0651. The second-order valence-corrected chi connectivity index (χ2v) is 13.3. The lowest BCUT2D eigenvalue weighted by Gasteiger charge is -2.39. The zero-order chi connectivity index (χ0) is 32.3. The second kappa shape index (κ2) is 17.0. The smallest absolute Gasteiger partial charge is 0.261 e. The number of aromatic nitrogens is 1. The number of hydrogen-bond donors (Lipinski definition) is 1. The van der Waals surface area contributed by atoms with Crippen molar-refractivity contribution in [2.24, 2.45) is 11.8 Å². The lowest BCUT2D eigenvalue weighted by Crippen LogP contribution is -2.40. The molecule has 3 aromatic rings. The Bertz CT molecular complexity index is 1410. The van der Waals surface area contributed by atoms with Crippen molar-refractivity contribution in [3.8, 4) is 5.75 Å². The standard InChI is InChI=1S/C39H53N3O4/c1-3-5-6-7-11-23-41-25-21-30(29(4-2)28-41)16-19-37(43)32-20-22-40-36-18-17-31(27-35(32)36)46-26-13-8-12-24-42-38(44)33-14-9-10-15-34(33)39(42)45/h9-10,14-15,17-18,20,22,27,29-30,37,43H,3-8,11-13,16,19,21,23-26,28H2,1-2H3/t29-,30+,37+/m0/s1. The van der Waals surface area contributed by atoms with Crippen molar-refractivity contribution in [2.75, 3.05) is 32.8 Å². The number of nitrogens with zero attached hydrogens (tertiary/aromatic N) is 3. The number of fused-ring (bicyclic) bond motifs is 2. The highest BCUT2D eigenvalue weighted by Crippen LogP contribution is 2.35. The molecule has 0 saturated carbocycles. The van der Waals surface area contributed by atoms with E-state index in [9.17, 15) is 14.7 Å². The van der Waals surface area contributed by atoms with E-state index in [1.54, 1.807) is 30.5 Å². The fourth-order valence-corrected chi connectivity index (χ4v) is 7.38. The van der Waals surface area contributed by atoms with Crippen LogP contribution >= 0.6 is 0 Å². The molecule has 2 amide bonds. The summed E-state index contributed by atoms with van der Waals surface area (Å²) in [7, 11) is 0. The highest BCUT2D eigenvalue weighted by Gasteiger charge is 2.34. The highest BCUT2D eigenvalue weighted by atomic mass is 16.5. The SMILES string of the molecule is CCCCCCCN1CC[C@@H](CC[C@@H](O)c2ccnc3ccc(OCCCCCN4C(=O)c5ccccc5C4=O)cc23)[C@@H](CC)C1. The number of hydrogen-bond acceptors (Lipinski definition) is 6.